The first kappa shape index (κ1) is 14.3. The zero-order chi connectivity index (χ0) is 11.8. The Hall–Kier alpha value is 0.230. The molecule has 0 spiro atoms. The molecule has 0 unspecified atom stereocenters. The number of rotatable bonds is 7. The zero-order valence-corrected chi connectivity index (χ0v) is 11.4. The minimum atomic E-state index is 0.236. The van der Waals surface area contributed by atoms with Gasteiger partial charge in [0.25, 0.3) is 0 Å². The van der Waals surface area contributed by atoms with E-state index in [-0.39, 0.29) is 6.10 Å². The van der Waals surface area contributed by atoms with Gasteiger partial charge in [-0.3, -0.25) is 4.90 Å². The highest BCUT2D eigenvalue weighted by Crippen LogP contribution is 2.09. The molecular formula is C12H25NO2S. The summed E-state index contributed by atoms with van der Waals surface area (Å²) in [5, 5.41) is 0. The fourth-order valence-electron chi connectivity index (χ4n) is 1.99. The third-order valence-electron chi connectivity index (χ3n) is 2.87. The van der Waals surface area contributed by atoms with Crippen molar-refractivity contribution in [2.75, 3.05) is 38.8 Å². The van der Waals surface area contributed by atoms with Gasteiger partial charge in [0.2, 0.25) is 0 Å². The molecule has 1 aliphatic heterocycles. The molecule has 0 N–H and O–H groups in total. The van der Waals surface area contributed by atoms with Gasteiger partial charge in [-0.25, -0.2) is 0 Å². The van der Waals surface area contributed by atoms with Gasteiger partial charge in [-0.1, -0.05) is 13.8 Å². The molecule has 1 saturated heterocycles. The highest BCUT2D eigenvalue weighted by Gasteiger charge is 2.19. The van der Waals surface area contributed by atoms with Crippen LogP contribution in [0, 0.1) is 5.92 Å². The minimum absolute atomic E-state index is 0.236. The summed E-state index contributed by atoms with van der Waals surface area (Å²) >= 11 is 4.03. The Bertz CT molecular complexity index is 178. The predicted molar refractivity (Wildman–Crippen MR) is 70.1 cm³/mol. The Morgan fingerprint density at radius 1 is 1.50 bits per heavy atom. The summed E-state index contributed by atoms with van der Waals surface area (Å²) < 4.78 is 10.9. The van der Waals surface area contributed by atoms with Gasteiger partial charge in [0.1, 0.15) is 0 Å². The molecule has 1 rings (SSSR count). The number of hydrogen-bond acceptors (Lipinski definition) is 4. The van der Waals surface area contributed by atoms with Crippen LogP contribution in [-0.4, -0.2) is 49.8 Å². The number of nitrogens with zero attached hydrogens (tertiary/aromatic N) is 1. The first-order chi connectivity index (χ1) is 7.72. The molecule has 3 nitrogen and oxygen atoms in total. The molecule has 16 heavy (non-hydrogen) atoms. The van der Waals surface area contributed by atoms with Crippen molar-refractivity contribution in [1.82, 2.24) is 4.90 Å². The van der Waals surface area contributed by atoms with Crippen molar-refractivity contribution in [3.05, 3.63) is 0 Å². The van der Waals surface area contributed by atoms with Crippen LogP contribution in [-0.2, 0) is 9.47 Å². The Morgan fingerprint density at radius 2 is 2.31 bits per heavy atom. The molecule has 0 bridgehead atoms. The fraction of sp³-hybridized carbons (Fsp3) is 1.00. The van der Waals surface area contributed by atoms with Crippen LogP contribution in [0.25, 0.3) is 0 Å². The molecule has 4 heteroatoms. The average Bonchev–Trinajstić information content (AvgIpc) is 2.26. The van der Waals surface area contributed by atoms with E-state index in [1.165, 1.54) is 19.4 Å². The predicted octanol–water partition coefficient (Wildman–Crippen LogP) is 2.03. The standard InChI is InChI=1S/C12H25NO2S/c1-11(2)4-3-5-13-6-7-15-12(8-13)9-14-10-16/h11-12,16H,3-10H2,1-2H3/t12-/m0/s1. The molecule has 0 amide bonds. The molecular weight excluding hydrogens is 222 g/mol. The van der Waals surface area contributed by atoms with Crippen LogP contribution in [0.15, 0.2) is 0 Å². The van der Waals surface area contributed by atoms with Gasteiger partial charge >= 0.3 is 0 Å². The van der Waals surface area contributed by atoms with Gasteiger partial charge in [-0.15, -0.1) is 0 Å². The summed E-state index contributed by atoms with van der Waals surface area (Å²) in [5.74, 6) is 1.29. The van der Waals surface area contributed by atoms with Crippen molar-refractivity contribution in [2.45, 2.75) is 32.8 Å². The Labute approximate surface area is 105 Å². The van der Waals surface area contributed by atoms with Gasteiger partial charge in [-0.05, 0) is 25.3 Å². The quantitative estimate of drug-likeness (QED) is 0.549. The summed E-state index contributed by atoms with van der Waals surface area (Å²) in [5.41, 5.74) is 0. The highest BCUT2D eigenvalue weighted by molar-refractivity contribution is 7.80. The summed E-state index contributed by atoms with van der Waals surface area (Å²) in [7, 11) is 0. The third-order valence-corrected chi connectivity index (χ3v) is 3.06. The van der Waals surface area contributed by atoms with Crippen LogP contribution in [0.2, 0.25) is 0 Å². The number of thiol groups is 1. The second-order valence-electron chi connectivity index (χ2n) is 4.83. The summed E-state index contributed by atoms with van der Waals surface area (Å²) in [4.78, 5) is 2.48. The molecule has 0 aromatic rings. The maximum atomic E-state index is 5.64. The molecule has 0 saturated carbocycles. The van der Waals surface area contributed by atoms with Crippen molar-refractivity contribution in [2.24, 2.45) is 5.92 Å². The Balaban J connectivity index is 2.12. The van der Waals surface area contributed by atoms with E-state index in [0.717, 1.165) is 25.6 Å². The number of hydrogen-bond donors (Lipinski definition) is 1. The van der Waals surface area contributed by atoms with Crippen LogP contribution in [0.1, 0.15) is 26.7 Å². The van der Waals surface area contributed by atoms with Gasteiger partial charge in [0.05, 0.1) is 25.3 Å². The summed E-state index contributed by atoms with van der Waals surface area (Å²) in [6, 6.07) is 0. The molecule has 0 radical (unpaired) electrons. The second-order valence-corrected chi connectivity index (χ2v) is 5.09. The van der Waals surface area contributed by atoms with Crippen molar-refractivity contribution in [1.29, 1.82) is 0 Å². The topological polar surface area (TPSA) is 21.7 Å². The molecule has 1 fully saturated rings. The molecule has 1 aliphatic rings. The largest absolute Gasteiger partial charge is 0.373 e. The maximum Gasteiger partial charge on any atom is 0.0936 e. The molecule has 0 aromatic heterocycles. The number of ether oxygens (including phenoxy) is 2. The highest BCUT2D eigenvalue weighted by atomic mass is 32.1. The van der Waals surface area contributed by atoms with Crippen LogP contribution >= 0.6 is 12.6 Å². The molecule has 1 heterocycles. The van der Waals surface area contributed by atoms with Crippen LogP contribution in [0.5, 0.6) is 0 Å². The van der Waals surface area contributed by atoms with E-state index < -0.39 is 0 Å². The van der Waals surface area contributed by atoms with E-state index in [1.54, 1.807) is 0 Å². The smallest absolute Gasteiger partial charge is 0.0936 e. The normalized spacial score (nSPS) is 22.9. The second kappa shape index (κ2) is 8.34. The van der Waals surface area contributed by atoms with Crippen molar-refractivity contribution < 1.29 is 9.47 Å². The van der Waals surface area contributed by atoms with E-state index in [0.29, 0.717) is 12.5 Å². The molecule has 96 valence electrons. The zero-order valence-electron chi connectivity index (χ0n) is 10.5. The van der Waals surface area contributed by atoms with E-state index in [9.17, 15) is 0 Å². The number of morpholine rings is 1. The maximum absolute atomic E-state index is 5.64. The van der Waals surface area contributed by atoms with Gasteiger partial charge in [0, 0.05) is 13.1 Å². The van der Waals surface area contributed by atoms with Crippen molar-refractivity contribution in [3.63, 3.8) is 0 Å². The monoisotopic (exact) mass is 247 g/mol. The average molecular weight is 247 g/mol. The van der Waals surface area contributed by atoms with Gasteiger partial charge in [-0.2, -0.15) is 12.6 Å². The van der Waals surface area contributed by atoms with Gasteiger partial charge in [0.15, 0.2) is 0 Å². The van der Waals surface area contributed by atoms with Crippen molar-refractivity contribution in [3.8, 4) is 0 Å². The first-order valence-corrected chi connectivity index (χ1v) is 6.88. The fourth-order valence-corrected chi connectivity index (χ4v) is 2.10. The SMILES string of the molecule is CC(C)CCCN1CCO[C@H](COCS)C1. The van der Waals surface area contributed by atoms with Crippen LogP contribution in [0.4, 0.5) is 0 Å². The van der Waals surface area contributed by atoms with Crippen LogP contribution < -0.4 is 0 Å². The summed E-state index contributed by atoms with van der Waals surface area (Å²) in [6.07, 6.45) is 2.84. The molecule has 0 aliphatic carbocycles. The van der Waals surface area contributed by atoms with E-state index in [1.807, 2.05) is 0 Å². The van der Waals surface area contributed by atoms with Crippen LogP contribution in [0.3, 0.4) is 0 Å². The Morgan fingerprint density at radius 3 is 3.00 bits per heavy atom. The molecule has 0 aromatic carbocycles. The Kier molecular flexibility index (Phi) is 7.45. The van der Waals surface area contributed by atoms with E-state index in [2.05, 4.69) is 31.4 Å². The lowest BCUT2D eigenvalue weighted by molar-refractivity contribution is -0.0630. The minimum Gasteiger partial charge on any atom is -0.373 e. The summed E-state index contributed by atoms with van der Waals surface area (Å²) in [6.45, 7) is 9.33. The van der Waals surface area contributed by atoms with E-state index in [4.69, 9.17) is 9.47 Å². The molecule has 1 atom stereocenters. The van der Waals surface area contributed by atoms with Crippen molar-refractivity contribution >= 4 is 12.6 Å². The lowest BCUT2D eigenvalue weighted by Crippen LogP contribution is -2.44. The van der Waals surface area contributed by atoms with E-state index >= 15 is 0 Å². The first-order valence-electron chi connectivity index (χ1n) is 6.25. The lowest BCUT2D eigenvalue weighted by Gasteiger charge is -2.32. The lowest BCUT2D eigenvalue weighted by atomic mass is 10.1. The third kappa shape index (κ3) is 6.09. The van der Waals surface area contributed by atoms with Gasteiger partial charge < -0.3 is 9.47 Å².